The minimum Gasteiger partial charge on any atom is -0.493 e. The van der Waals surface area contributed by atoms with Crippen LogP contribution < -0.4 is 15.2 Å². The summed E-state index contributed by atoms with van der Waals surface area (Å²) in [6.45, 7) is 7.92. The molecule has 1 fully saturated rings. The number of benzene rings is 2. The van der Waals surface area contributed by atoms with Gasteiger partial charge >= 0.3 is 6.09 Å². The third-order valence-electron chi connectivity index (χ3n) is 4.37. The highest BCUT2D eigenvalue weighted by Gasteiger charge is 2.33. The fourth-order valence-electron chi connectivity index (χ4n) is 2.82. The van der Waals surface area contributed by atoms with Crippen LogP contribution in [0.2, 0.25) is 0 Å². The van der Waals surface area contributed by atoms with Gasteiger partial charge in [-0.05, 0) is 51.1 Å². The van der Waals surface area contributed by atoms with Crippen LogP contribution in [0.5, 0.6) is 11.5 Å². The summed E-state index contributed by atoms with van der Waals surface area (Å²) in [5, 5.41) is 0. The van der Waals surface area contributed by atoms with Crippen molar-refractivity contribution in [2.45, 2.75) is 33.0 Å². The molecule has 150 valence electrons. The van der Waals surface area contributed by atoms with Gasteiger partial charge in [-0.15, -0.1) is 0 Å². The SMILES string of the molecule is CC(C)(C)OC(=O)N1CC(COc2ccc(OCc3ccccc3N)cc2)C1. The molecule has 1 aliphatic heterocycles. The standard InChI is InChI=1S/C22H28N2O4/c1-22(2,3)28-21(25)24-12-16(13-24)14-26-18-8-10-19(11-9-18)27-15-17-6-4-5-7-20(17)23/h4-11,16H,12-15,23H2,1-3H3. The number of rotatable bonds is 6. The number of nitrogens with zero attached hydrogens (tertiary/aromatic N) is 1. The van der Waals surface area contributed by atoms with Crippen LogP contribution in [0.4, 0.5) is 10.5 Å². The maximum absolute atomic E-state index is 11.9. The Balaban J connectivity index is 1.39. The molecule has 0 aromatic heterocycles. The van der Waals surface area contributed by atoms with Gasteiger partial charge in [0.15, 0.2) is 0 Å². The molecule has 0 radical (unpaired) electrons. The highest BCUT2D eigenvalue weighted by Crippen LogP contribution is 2.23. The molecule has 3 rings (SSSR count). The second-order valence-corrected chi connectivity index (χ2v) is 8.02. The van der Waals surface area contributed by atoms with Crippen molar-refractivity contribution >= 4 is 11.8 Å². The lowest BCUT2D eigenvalue weighted by atomic mass is 10.0. The lowest BCUT2D eigenvalue weighted by Crippen LogP contribution is -2.53. The van der Waals surface area contributed by atoms with Crippen LogP contribution in [0.15, 0.2) is 48.5 Å². The van der Waals surface area contributed by atoms with Crippen molar-refractivity contribution in [3.05, 3.63) is 54.1 Å². The average molecular weight is 384 g/mol. The number of anilines is 1. The van der Waals surface area contributed by atoms with Crippen molar-refractivity contribution in [2.24, 2.45) is 5.92 Å². The number of hydrogen-bond donors (Lipinski definition) is 1. The number of nitrogen functional groups attached to an aromatic ring is 1. The number of para-hydroxylation sites is 1. The monoisotopic (exact) mass is 384 g/mol. The van der Waals surface area contributed by atoms with E-state index >= 15 is 0 Å². The van der Waals surface area contributed by atoms with Gasteiger partial charge in [0.05, 0.1) is 6.61 Å². The predicted octanol–water partition coefficient (Wildman–Crippen LogP) is 4.09. The van der Waals surface area contributed by atoms with Crippen LogP contribution in [-0.4, -0.2) is 36.3 Å². The molecule has 0 bridgehead atoms. The van der Waals surface area contributed by atoms with Gasteiger partial charge in [-0.2, -0.15) is 0 Å². The summed E-state index contributed by atoms with van der Waals surface area (Å²) >= 11 is 0. The van der Waals surface area contributed by atoms with Gasteiger partial charge in [0.1, 0.15) is 23.7 Å². The summed E-state index contributed by atoms with van der Waals surface area (Å²) < 4.78 is 16.9. The maximum atomic E-state index is 11.9. The Kier molecular flexibility index (Phi) is 5.97. The van der Waals surface area contributed by atoms with E-state index in [1.165, 1.54) is 0 Å². The van der Waals surface area contributed by atoms with E-state index in [-0.39, 0.29) is 6.09 Å². The Hall–Kier alpha value is -2.89. The second-order valence-electron chi connectivity index (χ2n) is 8.02. The first-order valence-corrected chi connectivity index (χ1v) is 9.47. The summed E-state index contributed by atoms with van der Waals surface area (Å²) in [5.41, 5.74) is 7.14. The van der Waals surface area contributed by atoms with Crippen LogP contribution in [0.3, 0.4) is 0 Å². The Bertz CT molecular complexity index is 793. The zero-order valence-electron chi connectivity index (χ0n) is 16.7. The number of carbonyl (C=O) groups excluding carboxylic acids is 1. The lowest BCUT2D eigenvalue weighted by molar-refractivity contribution is -0.00781. The van der Waals surface area contributed by atoms with Crippen molar-refractivity contribution in [3.8, 4) is 11.5 Å². The minimum absolute atomic E-state index is 0.260. The van der Waals surface area contributed by atoms with E-state index in [2.05, 4.69) is 0 Å². The van der Waals surface area contributed by atoms with Crippen molar-refractivity contribution in [1.82, 2.24) is 4.90 Å². The fraction of sp³-hybridized carbons (Fsp3) is 0.409. The molecule has 0 unspecified atom stereocenters. The summed E-state index contributed by atoms with van der Waals surface area (Å²) in [7, 11) is 0. The Morgan fingerprint density at radius 3 is 2.25 bits per heavy atom. The zero-order chi connectivity index (χ0) is 20.1. The van der Waals surface area contributed by atoms with E-state index in [4.69, 9.17) is 19.9 Å². The van der Waals surface area contributed by atoms with Gasteiger partial charge < -0.3 is 24.8 Å². The molecule has 0 spiro atoms. The highest BCUT2D eigenvalue weighted by atomic mass is 16.6. The minimum atomic E-state index is -0.464. The van der Waals surface area contributed by atoms with Crippen molar-refractivity contribution in [2.75, 3.05) is 25.4 Å². The molecule has 6 heteroatoms. The molecular weight excluding hydrogens is 356 g/mol. The first kappa shape index (κ1) is 19.9. The van der Waals surface area contributed by atoms with E-state index in [1.807, 2.05) is 69.3 Å². The molecule has 0 aliphatic carbocycles. The number of amides is 1. The molecular formula is C22H28N2O4. The number of ether oxygens (including phenoxy) is 3. The number of hydrogen-bond acceptors (Lipinski definition) is 5. The molecule has 2 aromatic rings. The normalized spacial score (nSPS) is 14.3. The topological polar surface area (TPSA) is 74.0 Å². The predicted molar refractivity (Wildman–Crippen MR) is 108 cm³/mol. The van der Waals surface area contributed by atoms with Crippen molar-refractivity contribution < 1.29 is 19.0 Å². The summed E-state index contributed by atoms with van der Waals surface area (Å²) in [4.78, 5) is 13.6. The smallest absolute Gasteiger partial charge is 0.410 e. The molecule has 2 N–H and O–H groups in total. The molecule has 6 nitrogen and oxygen atoms in total. The van der Waals surface area contributed by atoms with Gasteiger partial charge in [0.2, 0.25) is 0 Å². The average Bonchev–Trinajstić information content (AvgIpc) is 2.59. The number of likely N-dealkylation sites (tertiary alicyclic amines) is 1. The first-order valence-electron chi connectivity index (χ1n) is 9.47. The molecule has 1 saturated heterocycles. The molecule has 2 aromatic carbocycles. The Morgan fingerprint density at radius 1 is 1.04 bits per heavy atom. The molecule has 1 aliphatic rings. The van der Waals surface area contributed by atoms with E-state index in [0.29, 0.717) is 32.2 Å². The largest absolute Gasteiger partial charge is 0.493 e. The van der Waals surface area contributed by atoms with E-state index in [1.54, 1.807) is 4.90 Å². The quantitative estimate of drug-likeness (QED) is 0.759. The molecule has 1 heterocycles. The Morgan fingerprint density at radius 2 is 1.64 bits per heavy atom. The first-order chi connectivity index (χ1) is 13.3. The van der Waals surface area contributed by atoms with Crippen LogP contribution >= 0.6 is 0 Å². The van der Waals surface area contributed by atoms with Gasteiger partial charge in [0.25, 0.3) is 0 Å². The maximum Gasteiger partial charge on any atom is 0.410 e. The third kappa shape index (κ3) is 5.55. The summed E-state index contributed by atoms with van der Waals surface area (Å²) in [5.74, 6) is 1.86. The number of nitrogens with two attached hydrogens (primary N) is 1. The van der Waals surface area contributed by atoms with Crippen LogP contribution in [0.25, 0.3) is 0 Å². The van der Waals surface area contributed by atoms with E-state index in [0.717, 1.165) is 22.7 Å². The molecule has 28 heavy (non-hydrogen) atoms. The third-order valence-corrected chi connectivity index (χ3v) is 4.37. The van der Waals surface area contributed by atoms with Crippen molar-refractivity contribution in [3.63, 3.8) is 0 Å². The molecule has 0 atom stereocenters. The van der Waals surface area contributed by atoms with Gasteiger partial charge in [-0.25, -0.2) is 4.79 Å². The summed E-state index contributed by atoms with van der Waals surface area (Å²) in [6.07, 6.45) is -0.260. The Labute approximate surface area is 166 Å². The second kappa shape index (κ2) is 8.42. The van der Waals surface area contributed by atoms with Crippen LogP contribution in [0.1, 0.15) is 26.3 Å². The number of carbonyl (C=O) groups is 1. The van der Waals surface area contributed by atoms with Crippen molar-refractivity contribution in [1.29, 1.82) is 0 Å². The molecule has 0 saturated carbocycles. The van der Waals surface area contributed by atoms with Crippen LogP contribution in [-0.2, 0) is 11.3 Å². The molecule has 1 amide bonds. The van der Waals surface area contributed by atoms with E-state index < -0.39 is 5.60 Å². The van der Waals surface area contributed by atoms with E-state index in [9.17, 15) is 4.79 Å². The van der Waals surface area contributed by atoms with Gasteiger partial charge in [-0.3, -0.25) is 0 Å². The highest BCUT2D eigenvalue weighted by molar-refractivity contribution is 5.69. The van der Waals surface area contributed by atoms with Crippen LogP contribution in [0, 0.1) is 5.92 Å². The fourth-order valence-corrected chi connectivity index (χ4v) is 2.82. The van der Waals surface area contributed by atoms with Gasteiger partial charge in [-0.1, -0.05) is 18.2 Å². The van der Waals surface area contributed by atoms with Gasteiger partial charge in [0, 0.05) is 30.3 Å². The summed E-state index contributed by atoms with van der Waals surface area (Å²) in [6, 6.07) is 15.2. The lowest BCUT2D eigenvalue weighted by Gasteiger charge is -2.39. The zero-order valence-corrected chi connectivity index (χ0v) is 16.7.